The SMILES string of the molecule is Cc1cccc(CN(C)Cc2ccc(CN)cc2)c1. The fraction of sp³-hybridized carbons (Fsp3) is 0.294. The first-order valence-electron chi connectivity index (χ1n) is 6.69. The Labute approximate surface area is 115 Å². The molecule has 100 valence electrons. The lowest BCUT2D eigenvalue weighted by atomic mass is 10.1. The van der Waals surface area contributed by atoms with Gasteiger partial charge in [-0.2, -0.15) is 0 Å². The van der Waals surface area contributed by atoms with Crippen LogP contribution in [0.15, 0.2) is 48.5 Å². The molecule has 0 aromatic heterocycles. The van der Waals surface area contributed by atoms with Gasteiger partial charge >= 0.3 is 0 Å². The first-order chi connectivity index (χ1) is 9.17. The Morgan fingerprint density at radius 2 is 1.53 bits per heavy atom. The van der Waals surface area contributed by atoms with Gasteiger partial charge in [-0.05, 0) is 30.7 Å². The number of rotatable bonds is 5. The molecule has 2 N–H and O–H groups in total. The Kier molecular flexibility index (Phi) is 4.72. The predicted molar refractivity (Wildman–Crippen MR) is 80.7 cm³/mol. The smallest absolute Gasteiger partial charge is 0.0234 e. The molecule has 0 amide bonds. The van der Waals surface area contributed by atoms with Gasteiger partial charge in [-0.25, -0.2) is 0 Å². The predicted octanol–water partition coefficient (Wildman–Crippen LogP) is 3.09. The van der Waals surface area contributed by atoms with Crippen molar-refractivity contribution >= 4 is 0 Å². The summed E-state index contributed by atoms with van der Waals surface area (Å²) in [6.07, 6.45) is 0. The van der Waals surface area contributed by atoms with E-state index in [1.54, 1.807) is 0 Å². The highest BCUT2D eigenvalue weighted by molar-refractivity contribution is 5.24. The summed E-state index contributed by atoms with van der Waals surface area (Å²) in [7, 11) is 2.15. The first-order valence-corrected chi connectivity index (χ1v) is 6.69. The normalized spacial score (nSPS) is 10.9. The molecule has 2 heteroatoms. The monoisotopic (exact) mass is 254 g/mol. The van der Waals surface area contributed by atoms with E-state index in [1.807, 2.05) is 0 Å². The van der Waals surface area contributed by atoms with Gasteiger partial charge in [0.2, 0.25) is 0 Å². The molecule has 0 aliphatic heterocycles. The average molecular weight is 254 g/mol. The van der Waals surface area contributed by atoms with Crippen LogP contribution in [-0.2, 0) is 19.6 Å². The Hall–Kier alpha value is -1.64. The van der Waals surface area contributed by atoms with Crippen molar-refractivity contribution in [3.05, 3.63) is 70.8 Å². The Balaban J connectivity index is 1.95. The average Bonchev–Trinajstić information content (AvgIpc) is 2.39. The number of hydrogen-bond acceptors (Lipinski definition) is 2. The summed E-state index contributed by atoms with van der Waals surface area (Å²) < 4.78 is 0. The molecule has 0 fully saturated rings. The number of aryl methyl sites for hydroxylation is 1. The summed E-state index contributed by atoms with van der Waals surface area (Å²) in [5.41, 5.74) is 10.8. The van der Waals surface area contributed by atoms with Gasteiger partial charge in [0.05, 0.1) is 0 Å². The van der Waals surface area contributed by atoms with E-state index in [4.69, 9.17) is 5.73 Å². The lowest BCUT2D eigenvalue weighted by Crippen LogP contribution is -2.17. The van der Waals surface area contributed by atoms with Gasteiger partial charge in [0, 0.05) is 19.6 Å². The molecule has 0 saturated carbocycles. The van der Waals surface area contributed by atoms with E-state index >= 15 is 0 Å². The second-order valence-electron chi connectivity index (χ2n) is 5.18. The second-order valence-corrected chi connectivity index (χ2v) is 5.18. The highest BCUT2D eigenvalue weighted by Crippen LogP contribution is 2.10. The molecule has 19 heavy (non-hydrogen) atoms. The van der Waals surface area contributed by atoms with Gasteiger partial charge < -0.3 is 5.73 Å². The van der Waals surface area contributed by atoms with E-state index in [9.17, 15) is 0 Å². The van der Waals surface area contributed by atoms with Crippen LogP contribution in [0.3, 0.4) is 0 Å². The molecule has 2 rings (SSSR count). The Bertz CT molecular complexity index is 517. The lowest BCUT2D eigenvalue weighted by Gasteiger charge is -2.17. The fourth-order valence-electron chi connectivity index (χ4n) is 2.27. The molecular weight excluding hydrogens is 232 g/mol. The third-order valence-corrected chi connectivity index (χ3v) is 3.25. The molecule has 0 spiro atoms. The zero-order valence-electron chi connectivity index (χ0n) is 11.8. The number of nitrogens with zero attached hydrogens (tertiary/aromatic N) is 1. The third-order valence-electron chi connectivity index (χ3n) is 3.25. The summed E-state index contributed by atoms with van der Waals surface area (Å²) >= 11 is 0. The van der Waals surface area contributed by atoms with Gasteiger partial charge in [0.1, 0.15) is 0 Å². The van der Waals surface area contributed by atoms with Crippen molar-refractivity contribution in [2.45, 2.75) is 26.6 Å². The summed E-state index contributed by atoms with van der Waals surface area (Å²) in [6, 6.07) is 17.2. The van der Waals surface area contributed by atoms with E-state index in [2.05, 4.69) is 67.4 Å². The van der Waals surface area contributed by atoms with Crippen molar-refractivity contribution in [3.63, 3.8) is 0 Å². The highest BCUT2D eigenvalue weighted by Gasteiger charge is 2.02. The molecule has 0 aliphatic rings. The lowest BCUT2D eigenvalue weighted by molar-refractivity contribution is 0.319. The zero-order chi connectivity index (χ0) is 13.7. The second kappa shape index (κ2) is 6.50. The quantitative estimate of drug-likeness (QED) is 0.888. The van der Waals surface area contributed by atoms with E-state index in [-0.39, 0.29) is 0 Å². The van der Waals surface area contributed by atoms with Crippen LogP contribution in [0, 0.1) is 6.92 Å². The third kappa shape index (κ3) is 4.19. The van der Waals surface area contributed by atoms with Crippen LogP contribution in [0.1, 0.15) is 22.3 Å². The maximum absolute atomic E-state index is 5.61. The topological polar surface area (TPSA) is 29.3 Å². The van der Waals surface area contributed by atoms with Crippen LogP contribution in [-0.4, -0.2) is 11.9 Å². The van der Waals surface area contributed by atoms with Gasteiger partial charge in [0.25, 0.3) is 0 Å². The van der Waals surface area contributed by atoms with Crippen LogP contribution in [0.4, 0.5) is 0 Å². The summed E-state index contributed by atoms with van der Waals surface area (Å²) in [6.45, 7) is 4.67. The van der Waals surface area contributed by atoms with Crippen molar-refractivity contribution in [2.24, 2.45) is 5.73 Å². The fourth-order valence-corrected chi connectivity index (χ4v) is 2.27. The molecular formula is C17H22N2. The van der Waals surface area contributed by atoms with E-state index in [0.717, 1.165) is 13.1 Å². The number of benzene rings is 2. The van der Waals surface area contributed by atoms with Crippen LogP contribution >= 0.6 is 0 Å². The molecule has 0 saturated heterocycles. The zero-order valence-corrected chi connectivity index (χ0v) is 11.8. The minimum atomic E-state index is 0.611. The van der Waals surface area contributed by atoms with Crippen molar-refractivity contribution in [2.75, 3.05) is 7.05 Å². The summed E-state index contributed by atoms with van der Waals surface area (Å²) in [4.78, 5) is 2.33. The molecule has 0 bridgehead atoms. The number of hydrogen-bond donors (Lipinski definition) is 1. The molecule has 0 radical (unpaired) electrons. The molecule has 0 unspecified atom stereocenters. The van der Waals surface area contributed by atoms with Crippen molar-refractivity contribution in [3.8, 4) is 0 Å². The standard InChI is InChI=1S/C17H22N2/c1-14-4-3-5-17(10-14)13-19(2)12-16-8-6-15(11-18)7-9-16/h3-10H,11-13,18H2,1-2H3. The highest BCUT2D eigenvalue weighted by atomic mass is 15.1. The van der Waals surface area contributed by atoms with E-state index in [1.165, 1.54) is 22.3 Å². The maximum Gasteiger partial charge on any atom is 0.0234 e. The molecule has 0 aliphatic carbocycles. The minimum absolute atomic E-state index is 0.611. The van der Waals surface area contributed by atoms with Crippen LogP contribution in [0.5, 0.6) is 0 Å². The van der Waals surface area contributed by atoms with Crippen molar-refractivity contribution in [1.29, 1.82) is 0 Å². The summed E-state index contributed by atoms with van der Waals surface area (Å²) in [5.74, 6) is 0. The van der Waals surface area contributed by atoms with Crippen molar-refractivity contribution in [1.82, 2.24) is 4.90 Å². The molecule has 2 aromatic carbocycles. The van der Waals surface area contributed by atoms with Gasteiger partial charge in [0.15, 0.2) is 0 Å². The first kappa shape index (κ1) is 13.8. The largest absolute Gasteiger partial charge is 0.326 e. The molecule has 2 nitrogen and oxygen atoms in total. The van der Waals surface area contributed by atoms with Gasteiger partial charge in [-0.1, -0.05) is 54.1 Å². The van der Waals surface area contributed by atoms with Crippen LogP contribution < -0.4 is 5.73 Å². The van der Waals surface area contributed by atoms with Gasteiger partial charge in [-0.15, -0.1) is 0 Å². The Morgan fingerprint density at radius 1 is 0.895 bits per heavy atom. The van der Waals surface area contributed by atoms with Crippen LogP contribution in [0.2, 0.25) is 0 Å². The van der Waals surface area contributed by atoms with E-state index < -0.39 is 0 Å². The molecule has 0 heterocycles. The van der Waals surface area contributed by atoms with E-state index in [0.29, 0.717) is 6.54 Å². The van der Waals surface area contributed by atoms with Crippen molar-refractivity contribution < 1.29 is 0 Å². The van der Waals surface area contributed by atoms with Gasteiger partial charge in [-0.3, -0.25) is 4.90 Å². The summed E-state index contributed by atoms with van der Waals surface area (Å²) in [5, 5.41) is 0. The molecule has 0 atom stereocenters. The minimum Gasteiger partial charge on any atom is -0.326 e. The maximum atomic E-state index is 5.61. The number of nitrogens with two attached hydrogens (primary N) is 1. The molecule has 2 aromatic rings. The van der Waals surface area contributed by atoms with Crippen LogP contribution in [0.25, 0.3) is 0 Å². The Morgan fingerprint density at radius 3 is 2.16 bits per heavy atom.